The van der Waals surface area contributed by atoms with Crippen molar-refractivity contribution in [2.75, 3.05) is 0 Å². The van der Waals surface area contributed by atoms with E-state index in [0.717, 1.165) is 38.5 Å². The first-order valence-electron chi connectivity index (χ1n) is 11.1. The zero-order valence-electron chi connectivity index (χ0n) is 17.7. The smallest absolute Gasteiger partial charge is 0.302 e. The lowest BCUT2D eigenvalue weighted by Gasteiger charge is -2.61. The van der Waals surface area contributed by atoms with Gasteiger partial charge in [-0.1, -0.05) is 29.8 Å². The Morgan fingerprint density at radius 3 is 2.36 bits per heavy atom. The second-order valence-electron chi connectivity index (χ2n) is 10.6. The molecule has 0 unspecified atom stereocenters. The van der Waals surface area contributed by atoms with Crippen molar-refractivity contribution < 1.29 is 19.4 Å². The zero-order valence-corrected chi connectivity index (χ0v) is 19.3. The van der Waals surface area contributed by atoms with Gasteiger partial charge in [-0.25, -0.2) is 0 Å². The third-order valence-corrected chi connectivity index (χ3v) is 10.7. The number of Topliss-reactive ketones (excluding diaryl/α,β-unsaturated/α-hetero) is 1. The van der Waals surface area contributed by atoms with Crippen LogP contribution in [-0.4, -0.2) is 33.4 Å². The molecule has 0 amide bonds. The van der Waals surface area contributed by atoms with Crippen molar-refractivity contribution in [1.82, 2.24) is 0 Å². The molecule has 5 heteroatoms. The third kappa shape index (κ3) is 2.71. The van der Waals surface area contributed by atoms with Crippen LogP contribution in [0.2, 0.25) is 0 Å². The predicted molar refractivity (Wildman–Crippen MR) is 111 cm³/mol. The van der Waals surface area contributed by atoms with Crippen molar-refractivity contribution in [2.45, 2.75) is 95.6 Å². The Bertz CT molecular complexity index is 680. The lowest BCUT2D eigenvalue weighted by atomic mass is 9.44. The molecule has 0 aromatic rings. The number of ether oxygens (including phenoxy) is 1. The highest BCUT2D eigenvalue weighted by Gasteiger charge is 2.69. The van der Waals surface area contributed by atoms with Crippen LogP contribution in [0.4, 0.5) is 0 Å². The van der Waals surface area contributed by atoms with Crippen molar-refractivity contribution in [3.05, 3.63) is 0 Å². The molecule has 4 nitrogen and oxygen atoms in total. The Kier molecular flexibility index (Phi) is 5.06. The van der Waals surface area contributed by atoms with Gasteiger partial charge in [0.2, 0.25) is 0 Å². The van der Waals surface area contributed by atoms with Crippen LogP contribution in [0.15, 0.2) is 0 Å². The molecule has 0 aromatic carbocycles. The van der Waals surface area contributed by atoms with Gasteiger partial charge in [0.05, 0.1) is 4.83 Å². The number of esters is 1. The highest BCUT2D eigenvalue weighted by atomic mass is 79.9. The first-order valence-corrected chi connectivity index (χ1v) is 12.0. The summed E-state index contributed by atoms with van der Waals surface area (Å²) in [6.45, 7) is 7.71. The third-order valence-electron chi connectivity index (χ3n) is 9.66. The van der Waals surface area contributed by atoms with E-state index in [1.165, 1.54) is 19.8 Å². The van der Waals surface area contributed by atoms with Gasteiger partial charge in [-0.05, 0) is 87.4 Å². The molecule has 0 aliphatic heterocycles. The number of hydrogen-bond acceptors (Lipinski definition) is 4. The van der Waals surface area contributed by atoms with Crippen molar-refractivity contribution in [3.8, 4) is 0 Å². The molecular formula is C23H35BrO4. The summed E-state index contributed by atoms with van der Waals surface area (Å²) in [5, 5.41) is 11.5. The molecule has 0 saturated heterocycles. The SMILES string of the molecule is CC(=O)O[C@H]1CC[C@@]2(C)[C@@H](CC[C@H]3[C@H]2CC[C@@]2(C)[C@@H]3C[C@@H](Br)[C@]2(O)C(C)=O)C1. The summed E-state index contributed by atoms with van der Waals surface area (Å²) in [6.07, 6.45) is 8.43. The van der Waals surface area contributed by atoms with Gasteiger partial charge >= 0.3 is 5.97 Å². The summed E-state index contributed by atoms with van der Waals surface area (Å²) in [7, 11) is 0. The molecule has 4 aliphatic carbocycles. The van der Waals surface area contributed by atoms with Gasteiger partial charge in [-0.3, -0.25) is 9.59 Å². The molecule has 0 heterocycles. The van der Waals surface area contributed by atoms with Gasteiger partial charge in [0.1, 0.15) is 11.7 Å². The standard InChI is InChI=1S/C23H35BrO4/c1-13(25)23(27)20(24)12-19-17-6-5-15-11-16(28-14(2)26)7-9-21(15,3)18(17)8-10-22(19,23)4/h15-20,27H,5-12H2,1-4H3/t15-,16-,17-,18+,19+,20+,21-,22-,23+/m0/s1. The quantitative estimate of drug-likeness (QED) is 0.486. The normalized spacial score (nSPS) is 52.9. The van der Waals surface area contributed by atoms with Gasteiger partial charge in [0.15, 0.2) is 5.78 Å². The first kappa shape index (κ1) is 20.8. The van der Waals surface area contributed by atoms with Gasteiger partial charge in [0.25, 0.3) is 0 Å². The lowest BCUT2D eigenvalue weighted by molar-refractivity contribution is -0.174. The first-order chi connectivity index (χ1) is 13.0. The number of alkyl halides is 1. The molecule has 0 bridgehead atoms. The second-order valence-corrected chi connectivity index (χ2v) is 11.8. The maximum Gasteiger partial charge on any atom is 0.302 e. The van der Waals surface area contributed by atoms with Crippen LogP contribution in [0, 0.1) is 34.5 Å². The molecule has 4 rings (SSSR count). The molecule has 4 saturated carbocycles. The summed E-state index contributed by atoms with van der Waals surface area (Å²) >= 11 is 3.70. The molecule has 9 atom stereocenters. The Morgan fingerprint density at radius 1 is 1.00 bits per heavy atom. The molecule has 1 N–H and O–H groups in total. The largest absolute Gasteiger partial charge is 0.463 e. The molecule has 4 fully saturated rings. The van der Waals surface area contributed by atoms with Gasteiger partial charge < -0.3 is 9.84 Å². The van der Waals surface area contributed by atoms with Crippen molar-refractivity contribution in [3.63, 3.8) is 0 Å². The number of carbonyl (C=O) groups excluding carboxylic acids is 2. The fraction of sp³-hybridized carbons (Fsp3) is 0.913. The minimum Gasteiger partial charge on any atom is -0.463 e. The zero-order chi connectivity index (χ0) is 20.5. The maximum atomic E-state index is 12.5. The van der Waals surface area contributed by atoms with Gasteiger partial charge in [0, 0.05) is 12.3 Å². The van der Waals surface area contributed by atoms with Crippen LogP contribution in [0.5, 0.6) is 0 Å². The molecule has 0 aromatic heterocycles. The number of hydrogen-bond donors (Lipinski definition) is 1. The number of rotatable bonds is 2. The Labute approximate surface area is 177 Å². The van der Waals surface area contributed by atoms with E-state index in [2.05, 4.69) is 29.8 Å². The number of ketones is 1. The van der Waals surface area contributed by atoms with Crippen LogP contribution < -0.4 is 0 Å². The van der Waals surface area contributed by atoms with Crippen LogP contribution in [-0.2, 0) is 14.3 Å². The fourth-order valence-corrected chi connectivity index (χ4v) is 9.41. The lowest BCUT2D eigenvalue weighted by Crippen LogP contribution is -2.60. The van der Waals surface area contributed by atoms with Gasteiger partial charge in [-0.2, -0.15) is 0 Å². The molecule has 0 spiro atoms. The van der Waals surface area contributed by atoms with E-state index in [-0.39, 0.29) is 28.1 Å². The van der Waals surface area contributed by atoms with Crippen LogP contribution in [0.25, 0.3) is 0 Å². The molecule has 28 heavy (non-hydrogen) atoms. The number of aliphatic hydroxyl groups is 1. The van der Waals surface area contributed by atoms with E-state index in [4.69, 9.17) is 4.74 Å². The fourth-order valence-electron chi connectivity index (χ4n) is 8.16. The highest BCUT2D eigenvalue weighted by Crippen LogP contribution is 2.69. The average Bonchev–Trinajstić information content (AvgIpc) is 2.83. The van der Waals surface area contributed by atoms with E-state index >= 15 is 0 Å². The van der Waals surface area contributed by atoms with Crippen LogP contribution >= 0.6 is 15.9 Å². The summed E-state index contributed by atoms with van der Waals surface area (Å²) in [4.78, 5) is 23.8. The van der Waals surface area contributed by atoms with Crippen LogP contribution in [0.3, 0.4) is 0 Å². The van der Waals surface area contributed by atoms with Crippen molar-refractivity contribution >= 4 is 27.7 Å². The molecule has 4 aliphatic rings. The van der Waals surface area contributed by atoms with Gasteiger partial charge in [-0.15, -0.1) is 0 Å². The molecule has 158 valence electrons. The molecule has 0 radical (unpaired) electrons. The monoisotopic (exact) mass is 454 g/mol. The number of halogens is 1. The van der Waals surface area contributed by atoms with E-state index in [1.54, 1.807) is 6.92 Å². The van der Waals surface area contributed by atoms with Crippen molar-refractivity contribution in [2.24, 2.45) is 34.5 Å². The van der Waals surface area contributed by atoms with E-state index in [9.17, 15) is 14.7 Å². The average molecular weight is 455 g/mol. The summed E-state index contributed by atoms with van der Waals surface area (Å²) < 4.78 is 5.56. The summed E-state index contributed by atoms with van der Waals surface area (Å²) in [6, 6.07) is 0. The second kappa shape index (κ2) is 6.80. The minimum atomic E-state index is -1.24. The van der Waals surface area contributed by atoms with E-state index < -0.39 is 5.60 Å². The predicted octanol–water partition coefficient (Wildman–Crippen LogP) is 4.65. The van der Waals surface area contributed by atoms with Crippen LogP contribution in [0.1, 0.15) is 79.1 Å². The van der Waals surface area contributed by atoms with E-state index in [0.29, 0.717) is 29.1 Å². The Hall–Kier alpha value is -0.420. The minimum absolute atomic E-state index is 0.0837. The highest BCUT2D eigenvalue weighted by molar-refractivity contribution is 9.09. The van der Waals surface area contributed by atoms with Crippen molar-refractivity contribution in [1.29, 1.82) is 0 Å². The maximum absolute atomic E-state index is 12.5. The Balaban J connectivity index is 1.59. The summed E-state index contributed by atoms with van der Waals surface area (Å²) in [5.74, 6) is 2.00. The van der Waals surface area contributed by atoms with E-state index in [1.807, 2.05) is 0 Å². The molecular weight excluding hydrogens is 420 g/mol. The topological polar surface area (TPSA) is 63.6 Å². The number of carbonyl (C=O) groups is 2. The summed E-state index contributed by atoms with van der Waals surface area (Å²) in [5.41, 5.74) is -1.28. The number of fused-ring (bicyclic) bond motifs is 5. The Morgan fingerprint density at radius 2 is 1.71 bits per heavy atom.